The maximum atomic E-state index is 13.9. The summed E-state index contributed by atoms with van der Waals surface area (Å²) in [7, 11) is 0. The minimum atomic E-state index is -0.600. The standard InChI is InChI=1S/C18H9ClF2N2/c19-15-8-12(5-6-16(15)20)18-14(2-1-7-23-18)11-3-4-13(10-22)17(21)9-11/h1-9H. The fourth-order valence-corrected chi connectivity index (χ4v) is 2.47. The van der Waals surface area contributed by atoms with E-state index < -0.39 is 11.6 Å². The molecular weight excluding hydrogens is 318 g/mol. The van der Waals surface area contributed by atoms with E-state index in [0.717, 1.165) is 0 Å². The van der Waals surface area contributed by atoms with Crippen LogP contribution in [0.2, 0.25) is 5.02 Å². The van der Waals surface area contributed by atoms with Gasteiger partial charge < -0.3 is 0 Å². The predicted octanol–water partition coefficient (Wildman–Crippen LogP) is 5.22. The number of nitrogens with zero attached hydrogens (tertiary/aromatic N) is 2. The fraction of sp³-hybridized carbons (Fsp3) is 0. The van der Waals surface area contributed by atoms with E-state index in [1.165, 1.54) is 24.3 Å². The van der Waals surface area contributed by atoms with Crippen molar-refractivity contribution < 1.29 is 8.78 Å². The van der Waals surface area contributed by atoms with Crippen LogP contribution < -0.4 is 0 Å². The molecule has 23 heavy (non-hydrogen) atoms. The molecule has 0 N–H and O–H groups in total. The van der Waals surface area contributed by atoms with Gasteiger partial charge in [-0.1, -0.05) is 23.7 Å². The zero-order chi connectivity index (χ0) is 16.4. The van der Waals surface area contributed by atoms with Gasteiger partial charge in [0.05, 0.1) is 16.3 Å². The van der Waals surface area contributed by atoms with E-state index in [-0.39, 0.29) is 10.6 Å². The molecule has 0 aliphatic heterocycles. The molecule has 0 atom stereocenters. The first-order valence-electron chi connectivity index (χ1n) is 6.70. The van der Waals surface area contributed by atoms with Crippen LogP contribution in [0.1, 0.15) is 5.56 Å². The summed E-state index contributed by atoms with van der Waals surface area (Å²) in [4.78, 5) is 4.30. The van der Waals surface area contributed by atoms with Crippen LogP contribution in [0.4, 0.5) is 8.78 Å². The maximum Gasteiger partial charge on any atom is 0.141 e. The SMILES string of the molecule is N#Cc1ccc(-c2cccnc2-c2ccc(F)c(Cl)c2)cc1F. The zero-order valence-electron chi connectivity index (χ0n) is 11.7. The third-order valence-electron chi connectivity index (χ3n) is 3.40. The van der Waals surface area contributed by atoms with E-state index in [4.69, 9.17) is 16.9 Å². The molecule has 0 unspecified atom stereocenters. The quantitative estimate of drug-likeness (QED) is 0.647. The van der Waals surface area contributed by atoms with Crippen LogP contribution in [-0.4, -0.2) is 4.98 Å². The van der Waals surface area contributed by atoms with Gasteiger partial charge in [-0.25, -0.2) is 8.78 Å². The number of aromatic nitrogens is 1. The second-order valence-corrected chi connectivity index (χ2v) is 5.24. The van der Waals surface area contributed by atoms with Gasteiger partial charge in [0.2, 0.25) is 0 Å². The first-order valence-corrected chi connectivity index (χ1v) is 7.08. The van der Waals surface area contributed by atoms with Gasteiger partial charge in [-0.05, 0) is 42.0 Å². The molecule has 0 saturated carbocycles. The van der Waals surface area contributed by atoms with E-state index in [9.17, 15) is 8.78 Å². The molecular formula is C18H9ClF2N2. The third-order valence-corrected chi connectivity index (χ3v) is 3.69. The van der Waals surface area contributed by atoms with Crippen molar-refractivity contribution in [3.8, 4) is 28.5 Å². The summed E-state index contributed by atoms with van der Waals surface area (Å²) in [5.74, 6) is -1.12. The van der Waals surface area contributed by atoms with E-state index >= 15 is 0 Å². The monoisotopic (exact) mass is 326 g/mol. The number of halogens is 3. The topological polar surface area (TPSA) is 36.7 Å². The number of benzene rings is 2. The molecule has 1 aromatic heterocycles. The van der Waals surface area contributed by atoms with E-state index in [0.29, 0.717) is 22.4 Å². The summed E-state index contributed by atoms with van der Waals surface area (Å²) in [6.45, 7) is 0. The largest absolute Gasteiger partial charge is 0.256 e. The van der Waals surface area contributed by atoms with Crippen LogP contribution in [0.15, 0.2) is 54.7 Å². The van der Waals surface area contributed by atoms with Crippen molar-refractivity contribution >= 4 is 11.6 Å². The van der Waals surface area contributed by atoms with Crippen molar-refractivity contribution in [3.05, 3.63) is 76.9 Å². The highest BCUT2D eigenvalue weighted by molar-refractivity contribution is 6.31. The van der Waals surface area contributed by atoms with E-state index in [2.05, 4.69) is 4.98 Å². The summed E-state index contributed by atoms with van der Waals surface area (Å²) in [5.41, 5.74) is 2.39. The third kappa shape index (κ3) is 2.92. The number of nitriles is 1. The average molecular weight is 327 g/mol. The Morgan fingerprint density at radius 1 is 0.957 bits per heavy atom. The first kappa shape index (κ1) is 15.1. The molecule has 0 aliphatic rings. The highest BCUT2D eigenvalue weighted by atomic mass is 35.5. The van der Waals surface area contributed by atoms with Gasteiger partial charge in [-0.2, -0.15) is 5.26 Å². The number of rotatable bonds is 2. The first-order chi connectivity index (χ1) is 11.1. The Labute approximate surface area is 136 Å². The highest BCUT2D eigenvalue weighted by Gasteiger charge is 2.12. The lowest BCUT2D eigenvalue weighted by Crippen LogP contribution is -1.91. The molecule has 1 heterocycles. The molecule has 0 aliphatic carbocycles. The summed E-state index contributed by atoms with van der Waals surface area (Å²) < 4.78 is 27.2. The van der Waals surface area contributed by atoms with Gasteiger partial charge in [0, 0.05) is 17.3 Å². The molecule has 0 bridgehead atoms. The average Bonchev–Trinajstić information content (AvgIpc) is 2.57. The molecule has 2 nitrogen and oxygen atoms in total. The Morgan fingerprint density at radius 2 is 1.74 bits per heavy atom. The van der Waals surface area contributed by atoms with Gasteiger partial charge in [0.1, 0.15) is 17.7 Å². The van der Waals surface area contributed by atoms with Crippen LogP contribution in [-0.2, 0) is 0 Å². The van der Waals surface area contributed by atoms with Gasteiger partial charge in [-0.3, -0.25) is 4.98 Å². The van der Waals surface area contributed by atoms with Crippen molar-refractivity contribution in [1.82, 2.24) is 4.98 Å². The fourth-order valence-electron chi connectivity index (χ4n) is 2.29. The minimum absolute atomic E-state index is 0.00916. The van der Waals surface area contributed by atoms with Crippen LogP contribution in [0.25, 0.3) is 22.4 Å². The van der Waals surface area contributed by atoms with Crippen LogP contribution in [0, 0.1) is 23.0 Å². The van der Waals surface area contributed by atoms with E-state index in [1.807, 2.05) is 0 Å². The second-order valence-electron chi connectivity index (χ2n) is 4.83. The van der Waals surface area contributed by atoms with Crippen molar-refractivity contribution in [1.29, 1.82) is 5.26 Å². The van der Waals surface area contributed by atoms with E-state index in [1.54, 1.807) is 36.5 Å². The Hall–Kier alpha value is -2.77. The van der Waals surface area contributed by atoms with Crippen LogP contribution in [0.5, 0.6) is 0 Å². The smallest absolute Gasteiger partial charge is 0.141 e. The van der Waals surface area contributed by atoms with Gasteiger partial charge in [0.15, 0.2) is 0 Å². The van der Waals surface area contributed by atoms with Gasteiger partial charge in [-0.15, -0.1) is 0 Å². The predicted molar refractivity (Wildman–Crippen MR) is 84.8 cm³/mol. The molecule has 0 amide bonds. The Bertz CT molecular complexity index is 933. The van der Waals surface area contributed by atoms with Crippen molar-refractivity contribution in [2.24, 2.45) is 0 Å². The summed E-state index contributed by atoms with van der Waals surface area (Å²) in [5, 5.41) is 8.81. The lowest BCUT2D eigenvalue weighted by molar-refractivity contribution is 0.624. The molecule has 0 radical (unpaired) electrons. The summed E-state index contributed by atoms with van der Waals surface area (Å²) in [6.07, 6.45) is 1.59. The molecule has 3 rings (SSSR count). The number of hydrogen-bond acceptors (Lipinski definition) is 2. The maximum absolute atomic E-state index is 13.9. The Kier molecular flexibility index (Phi) is 4.05. The molecule has 3 aromatic rings. The van der Waals surface area contributed by atoms with Crippen molar-refractivity contribution in [3.63, 3.8) is 0 Å². The van der Waals surface area contributed by atoms with Gasteiger partial charge >= 0.3 is 0 Å². The lowest BCUT2D eigenvalue weighted by Gasteiger charge is -2.10. The lowest BCUT2D eigenvalue weighted by atomic mass is 9.98. The summed E-state index contributed by atoms with van der Waals surface area (Å²) in [6, 6.07) is 13.9. The number of pyridine rings is 1. The van der Waals surface area contributed by atoms with Crippen molar-refractivity contribution in [2.45, 2.75) is 0 Å². The molecule has 0 saturated heterocycles. The normalized spacial score (nSPS) is 10.3. The van der Waals surface area contributed by atoms with Crippen LogP contribution >= 0.6 is 11.6 Å². The Morgan fingerprint density at radius 3 is 2.43 bits per heavy atom. The highest BCUT2D eigenvalue weighted by Crippen LogP contribution is 2.32. The Balaban J connectivity index is 2.17. The van der Waals surface area contributed by atoms with Crippen LogP contribution in [0.3, 0.4) is 0 Å². The number of hydrogen-bond donors (Lipinski definition) is 0. The second kappa shape index (κ2) is 6.15. The molecule has 5 heteroatoms. The minimum Gasteiger partial charge on any atom is -0.256 e. The zero-order valence-corrected chi connectivity index (χ0v) is 12.5. The van der Waals surface area contributed by atoms with Gasteiger partial charge in [0.25, 0.3) is 0 Å². The molecule has 2 aromatic carbocycles. The van der Waals surface area contributed by atoms with Crippen molar-refractivity contribution in [2.75, 3.05) is 0 Å². The molecule has 0 spiro atoms. The molecule has 112 valence electrons. The molecule has 0 fully saturated rings. The summed E-state index contributed by atoms with van der Waals surface area (Å²) >= 11 is 5.83.